The Morgan fingerprint density at radius 1 is 1.20 bits per heavy atom. The lowest BCUT2D eigenvalue weighted by molar-refractivity contribution is 0.824. The van der Waals surface area contributed by atoms with Gasteiger partial charge in [-0.1, -0.05) is 24.3 Å². The van der Waals surface area contributed by atoms with E-state index in [2.05, 4.69) is 55.1 Å². The monoisotopic (exact) mass is 447 g/mol. The van der Waals surface area contributed by atoms with Crippen LogP contribution in [-0.2, 0) is 12.8 Å². The lowest BCUT2D eigenvalue weighted by atomic mass is 10.2. The van der Waals surface area contributed by atoms with Crippen molar-refractivity contribution in [1.29, 1.82) is 0 Å². The van der Waals surface area contributed by atoms with Gasteiger partial charge in [-0.15, -0.1) is 24.0 Å². The number of anilines is 1. The highest BCUT2D eigenvalue weighted by atomic mass is 127. The first-order valence-corrected chi connectivity index (χ1v) is 8.34. The predicted octanol–water partition coefficient (Wildman–Crippen LogP) is 3.13. The third kappa shape index (κ3) is 3.63. The molecular weight excluding hydrogens is 425 g/mol. The molecule has 1 aliphatic heterocycles. The van der Waals surface area contributed by atoms with Gasteiger partial charge in [-0.25, -0.2) is 4.98 Å². The number of benzene rings is 1. The summed E-state index contributed by atoms with van der Waals surface area (Å²) >= 11 is 0. The lowest BCUT2D eigenvalue weighted by Gasteiger charge is -2.22. The molecule has 0 atom stereocenters. The summed E-state index contributed by atoms with van der Waals surface area (Å²) in [5, 5.41) is 3.47. The van der Waals surface area contributed by atoms with E-state index in [1.54, 1.807) is 0 Å². The van der Waals surface area contributed by atoms with Crippen LogP contribution in [0.3, 0.4) is 0 Å². The van der Waals surface area contributed by atoms with Gasteiger partial charge in [0.25, 0.3) is 0 Å². The van der Waals surface area contributed by atoms with Gasteiger partial charge in [0.2, 0.25) is 0 Å². The summed E-state index contributed by atoms with van der Waals surface area (Å²) in [7, 11) is 1.84. The second-order valence-electron chi connectivity index (χ2n) is 5.95. The summed E-state index contributed by atoms with van der Waals surface area (Å²) in [6, 6.07) is 14.6. The largest absolute Gasteiger partial charge is 0.356 e. The molecule has 1 aliphatic rings. The average molecular weight is 447 g/mol. The Labute approximate surface area is 164 Å². The molecule has 0 bridgehead atoms. The standard InChI is InChI=1S/C19H21N5.HI/c1-20-19(24-13-10-15-6-2-3-7-17(15)24)21-11-9-16-14-23-12-5-4-8-18(23)22-16;/h2-8,12,14H,9-11,13H2,1H3,(H,20,21);1H. The molecule has 6 heteroatoms. The zero-order chi connectivity index (χ0) is 16.4. The molecule has 0 saturated heterocycles. The van der Waals surface area contributed by atoms with Crippen molar-refractivity contribution in [3.63, 3.8) is 0 Å². The molecule has 130 valence electrons. The summed E-state index contributed by atoms with van der Waals surface area (Å²) < 4.78 is 2.06. The number of aliphatic imine (C=N–C) groups is 1. The fourth-order valence-electron chi connectivity index (χ4n) is 3.26. The zero-order valence-electron chi connectivity index (χ0n) is 14.2. The minimum absolute atomic E-state index is 0. The zero-order valence-corrected chi connectivity index (χ0v) is 16.6. The van der Waals surface area contributed by atoms with Crippen LogP contribution in [0, 0.1) is 0 Å². The Hall–Kier alpha value is -2.09. The number of para-hydroxylation sites is 1. The van der Waals surface area contributed by atoms with Crippen LogP contribution in [-0.4, -0.2) is 35.5 Å². The number of halogens is 1. The van der Waals surface area contributed by atoms with E-state index in [4.69, 9.17) is 0 Å². The topological polar surface area (TPSA) is 44.9 Å². The van der Waals surface area contributed by atoms with Gasteiger partial charge in [-0.2, -0.15) is 0 Å². The first-order chi connectivity index (χ1) is 11.8. The molecule has 0 radical (unpaired) electrons. The number of hydrogen-bond acceptors (Lipinski definition) is 2. The molecule has 0 amide bonds. The molecular formula is C19H22IN5. The van der Waals surface area contributed by atoms with Crippen molar-refractivity contribution in [1.82, 2.24) is 14.7 Å². The van der Waals surface area contributed by atoms with Crippen molar-refractivity contribution in [3.8, 4) is 0 Å². The van der Waals surface area contributed by atoms with Crippen LogP contribution in [0.5, 0.6) is 0 Å². The van der Waals surface area contributed by atoms with Crippen molar-refractivity contribution in [2.45, 2.75) is 12.8 Å². The predicted molar refractivity (Wildman–Crippen MR) is 113 cm³/mol. The van der Waals surface area contributed by atoms with Gasteiger partial charge in [0.15, 0.2) is 5.96 Å². The molecule has 5 nitrogen and oxygen atoms in total. The number of pyridine rings is 1. The third-order valence-corrected chi connectivity index (χ3v) is 4.43. The summed E-state index contributed by atoms with van der Waals surface area (Å²) in [6.45, 7) is 1.79. The Bertz CT molecular complexity index is 853. The van der Waals surface area contributed by atoms with E-state index in [0.717, 1.165) is 43.2 Å². The number of hydrogen-bond donors (Lipinski definition) is 1. The number of guanidine groups is 1. The van der Waals surface area contributed by atoms with Crippen LogP contribution in [0.1, 0.15) is 11.3 Å². The van der Waals surface area contributed by atoms with Gasteiger partial charge in [-0.05, 0) is 30.2 Å². The molecule has 1 aromatic carbocycles. The van der Waals surface area contributed by atoms with Crippen LogP contribution in [0.15, 0.2) is 59.9 Å². The number of fused-ring (bicyclic) bond motifs is 2. The normalized spacial score (nSPS) is 13.6. The maximum atomic E-state index is 4.64. The Balaban J connectivity index is 0.00000182. The fraction of sp³-hybridized carbons (Fsp3) is 0.263. The van der Waals surface area contributed by atoms with Gasteiger partial charge < -0.3 is 14.6 Å². The number of imidazole rings is 1. The Morgan fingerprint density at radius 2 is 2.04 bits per heavy atom. The second kappa shape index (κ2) is 7.86. The number of nitrogens with zero attached hydrogens (tertiary/aromatic N) is 4. The summed E-state index contributed by atoms with van der Waals surface area (Å²) in [5.41, 5.74) is 4.73. The quantitative estimate of drug-likeness (QED) is 0.381. The highest BCUT2D eigenvalue weighted by Gasteiger charge is 2.22. The van der Waals surface area contributed by atoms with Crippen LogP contribution in [0.4, 0.5) is 5.69 Å². The maximum Gasteiger partial charge on any atom is 0.198 e. The molecule has 3 aromatic rings. The van der Waals surface area contributed by atoms with Gasteiger partial charge in [0, 0.05) is 44.6 Å². The molecule has 25 heavy (non-hydrogen) atoms. The van der Waals surface area contributed by atoms with E-state index in [9.17, 15) is 0 Å². The highest BCUT2D eigenvalue weighted by molar-refractivity contribution is 14.0. The first kappa shape index (κ1) is 17.7. The third-order valence-electron chi connectivity index (χ3n) is 4.43. The molecule has 0 aliphatic carbocycles. The van der Waals surface area contributed by atoms with Crippen molar-refractivity contribution in [3.05, 3.63) is 66.1 Å². The van der Waals surface area contributed by atoms with E-state index in [-0.39, 0.29) is 24.0 Å². The first-order valence-electron chi connectivity index (χ1n) is 8.34. The van der Waals surface area contributed by atoms with E-state index in [1.807, 2.05) is 31.4 Å². The smallest absolute Gasteiger partial charge is 0.198 e. The van der Waals surface area contributed by atoms with Gasteiger partial charge in [-0.3, -0.25) is 4.99 Å². The van der Waals surface area contributed by atoms with E-state index in [1.165, 1.54) is 11.3 Å². The molecule has 0 unspecified atom stereocenters. The van der Waals surface area contributed by atoms with Crippen LogP contribution >= 0.6 is 24.0 Å². The van der Waals surface area contributed by atoms with Crippen molar-refractivity contribution in [2.75, 3.05) is 25.0 Å². The minimum Gasteiger partial charge on any atom is -0.356 e. The fourth-order valence-corrected chi connectivity index (χ4v) is 3.26. The molecule has 3 heterocycles. The Morgan fingerprint density at radius 3 is 2.88 bits per heavy atom. The number of rotatable bonds is 3. The van der Waals surface area contributed by atoms with Crippen molar-refractivity contribution >= 4 is 41.3 Å². The van der Waals surface area contributed by atoms with Gasteiger partial charge >= 0.3 is 0 Å². The molecule has 0 fully saturated rings. The van der Waals surface area contributed by atoms with Gasteiger partial charge in [0.05, 0.1) is 5.69 Å². The molecule has 4 rings (SSSR count). The van der Waals surface area contributed by atoms with E-state index in [0.29, 0.717) is 0 Å². The lowest BCUT2D eigenvalue weighted by Crippen LogP contribution is -2.41. The van der Waals surface area contributed by atoms with Gasteiger partial charge in [0.1, 0.15) is 5.65 Å². The second-order valence-corrected chi connectivity index (χ2v) is 5.95. The molecule has 0 saturated carbocycles. The van der Waals surface area contributed by atoms with Crippen molar-refractivity contribution in [2.24, 2.45) is 4.99 Å². The summed E-state index contributed by atoms with van der Waals surface area (Å²) in [4.78, 5) is 11.3. The highest BCUT2D eigenvalue weighted by Crippen LogP contribution is 2.27. The summed E-state index contributed by atoms with van der Waals surface area (Å²) in [5.74, 6) is 0.934. The van der Waals surface area contributed by atoms with Crippen LogP contribution < -0.4 is 10.2 Å². The SMILES string of the molecule is CN=C(NCCc1cn2ccccc2n1)N1CCc2ccccc21.I. The van der Waals surface area contributed by atoms with E-state index >= 15 is 0 Å². The Kier molecular flexibility index (Phi) is 5.57. The minimum atomic E-state index is 0. The van der Waals surface area contributed by atoms with Crippen LogP contribution in [0.2, 0.25) is 0 Å². The average Bonchev–Trinajstić information content (AvgIpc) is 3.22. The van der Waals surface area contributed by atoms with Crippen molar-refractivity contribution < 1.29 is 0 Å². The molecule has 2 aromatic heterocycles. The van der Waals surface area contributed by atoms with Crippen LogP contribution in [0.25, 0.3) is 5.65 Å². The number of aromatic nitrogens is 2. The number of nitrogens with one attached hydrogen (secondary N) is 1. The molecule has 1 N–H and O–H groups in total. The summed E-state index contributed by atoms with van der Waals surface area (Å²) in [6.07, 6.45) is 6.06. The molecule has 0 spiro atoms. The maximum absolute atomic E-state index is 4.64. The van der Waals surface area contributed by atoms with E-state index < -0.39 is 0 Å².